The first-order chi connectivity index (χ1) is 19.1. The summed E-state index contributed by atoms with van der Waals surface area (Å²) in [5.41, 5.74) is -2.12. The number of rotatable bonds is 7. The third-order valence-corrected chi connectivity index (χ3v) is 7.94. The Labute approximate surface area is 241 Å². The summed E-state index contributed by atoms with van der Waals surface area (Å²) in [6, 6.07) is 7.74. The molecule has 2 aromatic carbocycles. The van der Waals surface area contributed by atoms with Crippen molar-refractivity contribution in [2.24, 2.45) is 5.92 Å². The Morgan fingerprint density at radius 3 is 2.27 bits per heavy atom. The summed E-state index contributed by atoms with van der Waals surface area (Å²) in [6.07, 6.45) is 1.49. The minimum atomic E-state index is -4.61. The molecular formula is C32H44F3NO5. The zero-order chi connectivity index (χ0) is 30.1. The van der Waals surface area contributed by atoms with Crippen LogP contribution in [0, 0.1) is 5.92 Å². The molecule has 0 atom stereocenters. The summed E-state index contributed by atoms with van der Waals surface area (Å²) in [7, 11) is 0. The molecule has 0 bridgehead atoms. The van der Waals surface area contributed by atoms with E-state index in [-0.39, 0.29) is 30.5 Å². The number of hydrogen-bond donors (Lipinski definition) is 1. The average Bonchev–Trinajstić information content (AvgIpc) is 2.87. The van der Waals surface area contributed by atoms with Crippen LogP contribution in [0.15, 0.2) is 30.3 Å². The van der Waals surface area contributed by atoms with Crippen molar-refractivity contribution in [3.8, 4) is 5.75 Å². The number of fused-ring (bicyclic) bond motifs is 1. The molecule has 9 heteroatoms. The topological polar surface area (TPSA) is 66.0 Å². The molecule has 0 spiro atoms. The van der Waals surface area contributed by atoms with E-state index in [0.29, 0.717) is 16.9 Å². The van der Waals surface area contributed by atoms with Gasteiger partial charge in [-0.1, -0.05) is 44.4 Å². The molecule has 1 heterocycles. The molecule has 1 amide bonds. The molecule has 2 aliphatic rings. The van der Waals surface area contributed by atoms with Crippen molar-refractivity contribution in [2.45, 2.75) is 116 Å². The lowest BCUT2D eigenvalue weighted by molar-refractivity contribution is -0.272. The summed E-state index contributed by atoms with van der Waals surface area (Å²) in [5, 5.41) is 3.29. The third kappa shape index (κ3) is 7.86. The zero-order valence-electron chi connectivity index (χ0n) is 25.1. The standard InChI is InChI=1S/C32H44F3NO5/c1-7-8-9-21-10-14-24(15-11-21)40-26-17-12-22-18-23(13-16-25(22)27(26)32(33,34)35)31(19-38-30(5,6)39-20-31)36-28(37)41-29(2,3)4/h12-13,16-18,21,24H,7-11,14-15,19-20H2,1-6H3,(H,36,37)/t21-,24+. The van der Waals surface area contributed by atoms with Gasteiger partial charge in [0.05, 0.1) is 19.3 Å². The van der Waals surface area contributed by atoms with Crippen LogP contribution in [0.25, 0.3) is 10.8 Å². The number of benzene rings is 2. The number of alkyl halides is 3. The highest BCUT2D eigenvalue weighted by atomic mass is 19.4. The minimum Gasteiger partial charge on any atom is -0.490 e. The molecule has 1 aliphatic carbocycles. The van der Waals surface area contributed by atoms with Crippen molar-refractivity contribution in [2.75, 3.05) is 13.2 Å². The van der Waals surface area contributed by atoms with Crippen molar-refractivity contribution in [3.05, 3.63) is 41.5 Å². The van der Waals surface area contributed by atoms with E-state index in [1.54, 1.807) is 52.8 Å². The number of alkyl carbamates (subject to hydrolysis) is 1. The molecule has 0 radical (unpaired) electrons. The maximum Gasteiger partial charge on any atom is 0.420 e. The van der Waals surface area contributed by atoms with Crippen molar-refractivity contribution in [1.82, 2.24) is 5.32 Å². The predicted molar refractivity (Wildman–Crippen MR) is 152 cm³/mol. The average molecular weight is 580 g/mol. The van der Waals surface area contributed by atoms with Crippen LogP contribution in [-0.4, -0.2) is 36.8 Å². The van der Waals surface area contributed by atoms with Gasteiger partial charge < -0.3 is 24.3 Å². The number of carbonyl (C=O) groups excluding carboxylic acids is 1. The summed E-state index contributed by atoms with van der Waals surface area (Å²) in [6.45, 7) is 11.1. The summed E-state index contributed by atoms with van der Waals surface area (Å²) in [5.74, 6) is -0.380. The first kappa shape index (κ1) is 31.4. The van der Waals surface area contributed by atoms with Gasteiger partial charge in [0.2, 0.25) is 0 Å². The number of hydrogen-bond acceptors (Lipinski definition) is 5. The highest BCUT2D eigenvalue weighted by molar-refractivity contribution is 5.89. The second kappa shape index (κ2) is 12.0. The first-order valence-corrected chi connectivity index (χ1v) is 14.7. The third-order valence-electron chi connectivity index (χ3n) is 7.94. The maximum atomic E-state index is 14.5. The predicted octanol–water partition coefficient (Wildman–Crippen LogP) is 8.49. The zero-order valence-corrected chi connectivity index (χ0v) is 25.1. The van der Waals surface area contributed by atoms with Crippen molar-refractivity contribution in [3.63, 3.8) is 0 Å². The Kier molecular flexibility index (Phi) is 9.19. The molecule has 41 heavy (non-hydrogen) atoms. The van der Waals surface area contributed by atoms with Gasteiger partial charge in [0.25, 0.3) is 0 Å². The van der Waals surface area contributed by atoms with Gasteiger partial charge in [-0.25, -0.2) is 4.79 Å². The van der Waals surface area contributed by atoms with Crippen LogP contribution in [0.2, 0.25) is 0 Å². The van der Waals surface area contributed by atoms with Crippen LogP contribution >= 0.6 is 0 Å². The van der Waals surface area contributed by atoms with E-state index in [1.807, 2.05) is 0 Å². The van der Waals surface area contributed by atoms with E-state index in [9.17, 15) is 18.0 Å². The van der Waals surface area contributed by atoms with Crippen LogP contribution in [0.1, 0.15) is 97.6 Å². The van der Waals surface area contributed by atoms with E-state index in [2.05, 4.69) is 12.2 Å². The first-order valence-electron chi connectivity index (χ1n) is 14.7. The fourth-order valence-corrected chi connectivity index (χ4v) is 5.70. The number of ether oxygens (including phenoxy) is 4. The van der Waals surface area contributed by atoms with Crippen molar-refractivity contribution >= 4 is 16.9 Å². The number of amides is 1. The molecule has 2 aromatic rings. The lowest BCUT2D eigenvalue weighted by Crippen LogP contribution is -2.59. The summed E-state index contributed by atoms with van der Waals surface area (Å²) >= 11 is 0. The molecule has 1 aliphatic heterocycles. The van der Waals surface area contributed by atoms with E-state index < -0.39 is 34.8 Å². The summed E-state index contributed by atoms with van der Waals surface area (Å²) < 4.78 is 66.8. The molecule has 1 saturated heterocycles. The fourth-order valence-electron chi connectivity index (χ4n) is 5.70. The lowest BCUT2D eigenvalue weighted by Gasteiger charge is -2.44. The Hall–Kier alpha value is -2.52. The van der Waals surface area contributed by atoms with E-state index in [1.165, 1.54) is 25.0 Å². The highest BCUT2D eigenvalue weighted by Gasteiger charge is 2.44. The Balaban J connectivity index is 1.64. The number of nitrogens with one attached hydrogen (secondary N) is 1. The maximum absolute atomic E-state index is 14.5. The fraction of sp³-hybridized carbons (Fsp3) is 0.656. The highest BCUT2D eigenvalue weighted by Crippen LogP contribution is 2.44. The molecule has 0 aromatic heterocycles. The molecule has 1 N–H and O–H groups in total. The Morgan fingerprint density at radius 2 is 1.68 bits per heavy atom. The summed E-state index contributed by atoms with van der Waals surface area (Å²) in [4.78, 5) is 12.8. The monoisotopic (exact) mass is 579 g/mol. The van der Waals surface area contributed by atoms with Crippen LogP contribution < -0.4 is 10.1 Å². The van der Waals surface area contributed by atoms with Gasteiger partial charge in [0.15, 0.2) is 5.79 Å². The Morgan fingerprint density at radius 1 is 1.02 bits per heavy atom. The normalized spacial score (nSPS) is 22.8. The largest absolute Gasteiger partial charge is 0.490 e. The molecule has 228 valence electrons. The molecule has 0 unspecified atom stereocenters. The molecular weight excluding hydrogens is 535 g/mol. The SMILES string of the molecule is CCCC[C@H]1CC[C@@H](Oc2ccc3cc(C4(NC(=O)OC(C)(C)C)COC(C)(C)OC4)ccc3c2C(F)(F)F)CC1. The number of halogens is 3. The quantitative estimate of drug-likeness (QED) is 0.356. The molecule has 1 saturated carbocycles. The minimum absolute atomic E-state index is 0.0424. The second-order valence-corrected chi connectivity index (χ2v) is 13.0. The van der Waals surface area contributed by atoms with Gasteiger partial charge in [0, 0.05) is 0 Å². The van der Waals surface area contributed by atoms with Gasteiger partial charge in [-0.2, -0.15) is 13.2 Å². The van der Waals surface area contributed by atoms with Gasteiger partial charge >= 0.3 is 12.3 Å². The second-order valence-electron chi connectivity index (χ2n) is 13.0. The van der Waals surface area contributed by atoms with E-state index in [0.717, 1.165) is 32.1 Å². The van der Waals surface area contributed by atoms with Crippen molar-refractivity contribution in [1.29, 1.82) is 0 Å². The van der Waals surface area contributed by atoms with E-state index in [4.69, 9.17) is 18.9 Å². The lowest BCUT2D eigenvalue weighted by atomic mass is 9.84. The number of carbonyl (C=O) groups is 1. The van der Waals surface area contributed by atoms with Gasteiger partial charge in [0.1, 0.15) is 22.5 Å². The van der Waals surface area contributed by atoms with Crippen LogP contribution in [-0.2, 0) is 25.9 Å². The molecule has 4 rings (SSSR count). The van der Waals surface area contributed by atoms with Gasteiger partial charge in [-0.05, 0) is 94.7 Å². The van der Waals surface area contributed by atoms with Gasteiger partial charge in [-0.3, -0.25) is 0 Å². The van der Waals surface area contributed by atoms with Crippen LogP contribution in [0.5, 0.6) is 5.75 Å². The molecule has 2 fully saturated rings. The number of unbranched alkanes of at least 4 members (excludes halogenated alkanes) is 1. The Bertz CT molecular complexity index is 1200. The van der Waals surface area contributed by atoms with Crippen molar-refractivity contribution < 1.29 is 36.9 Å². The molecule has 6 nitrogen and oxygen atoms in total. The van der Waals surface area contributed by atoms with Gasteiger partial charge in [-0.15, -0.1) is 0 Å². The van der Waals surface area contributed by atoms with E-state index >= 15 is 0 Å². The smallest absolute Gasteiger partial charge is 0.420 e. The van der Waals surface area contributed by atoms with Crippen LogP contribution in [0.4, 0.5) is 18.0 Å². The van der Waals surface area contributed by atoms with Crippen LogP contribution in [0.3, 0.4) is 0 Å².